The van der Waals surface area contributed by atoms with Crippen LogP contribution < -0.4 is 0 Å². The maximum Gasteiger partial charge on any atom is 0.308 e. The number of aryl methyl sites for hydroxylation is 1. The summed E-state index contributed by atoms with van der Waals surface area (Å²) in [5, 5.41) is 9.81. The summed E-state index contributed by atoms with van der Waals surface area (Å²) >= 11 is 1.47. The average Bonchev–Trinajstić information content (AvgIpc) is 3.37. The molecule has 1 N–H and O–H groups in total. The monoisotopic (exact) mass is 388 g/mol. The van der Waals surface area contributed by atoms with Gasteiger partial charge in [-0.25, -0.2) is 0 Å². The maximum atomic E-state index is 12.9. The number of hydrogen-bond donors (Lipinski definition) is 1. The Morgan fingerprint density at radius 1 is 1.30 bits per heavy atom. The summed E-state index contributed by atoms with van der Waals surface area (Å²) in [6.45, 7) is 5.21. The Balaban J connectivity index is 1.46. The molecular formula is C20H24N2O4S. The van der Waals surface area contributed by atoms with Crippen LogP contribution in [0.5, 0.6) is 0 Å². The molecule has 6 nitrogen and oxygen atoms in total. The summed E-state index contributed by atoms with van der Waals surface area (Å²) in [5.41, 5.74) is -0.326. The Morgan fingerprint density at radius 2 is 2.07 bits per heavy atom. The van der Waals surface area contributed by atoms with Gasteiger partial charge in [0.1, 0.15) is 5.76 Å². The number of carboxylic acids is 1. The van der Waals surface area contributed by atoms with Gasteiger partial charge in [-0.3, -0.25) is 14.5 Å². The number of aliphatic carboxylic acids is 1. The van der Waals surface area contributed by atoms with Crippen molar-refractivity contribution in [3.63, 3.8) is 0 Å². The highest BCUT2D eigenvalue weighted by Gasteiger charge is 2.52. The summed E-state index contributed by atoms with van der Waals surface area (Å²) in [4.78, 5) is 30.7. The number of carbonyl (C=O) groups is 2. The Hall–Kier alpha value is -2.12. The van der Waals surface area contributed by atoms with E-state index in [1.165, 1.54) is 11.3 Å². The zero-order valence-electron chi connectivity index (χ0n) is 15.4. The van der Waals surface area contributed by atoms with Crippen LogP contribution in [0.25, 0.3) is 0 Å². The summed E-state index contributed by atoms with van der Waals surface area (Å²) < 4.78 is 5.42. The molecule has 1 unspecified atom stereocenters. The molecule has 1 spiro atoms. The zero-order chi connectivity index (χ0) is 19.0. The van der Waals surface area contributed by atoms with Gasteiger partial charge < -0.3 is 14.4 Å². The summed E-state index contributed by atoms with van der Waals surface area (Å²) in [5.74, 6) is -0.383. The highest BCUT2D eigenvalue weighted by Crippen LogP contribution is 2.45. The molecule has 4 rings (SSSR count). The van der Waals surface area contributed by atoms with Crippen LogP contribution in [0, 0.1) is 18.3 Å². The second-order valence-electron chi connectivity index (χ2n) is 7.70. The lowest BCUT2D eigenvalue weighted by Gasteiger charge is -2.41. The van der Waals surface area contributed by atoms with E-state index in [1.807, 2.05) is 31.2 Å². The average molecular weight is 388 g/mol. The third-order valence-corrected chi connectivity index (χ3v) is 6.98. The molecule has 2 aromatic heterocycles. The van der Waals surface area contributed by atoms with Gasteiger partial charge in [0, 0.05) is 23.4 Å². The van der Waals surface area contributed by atoms with E-state index in [0.717, 1.165) is 43.1 Å². The van der Waals surface area contributed by atoms with Gasteiger partial charge in [-0.15, -0.1) is 11.3 Å². The van der Waals surface area contributed by atoms with Crippen LogP contribution in [0.3, 0.4) is 0 Å². The van der Waals surface area contributed by atoms with Crippen molar-refractivity contribution in [2.24, 2.45) is 11.3 Å². The molecule has 1 amide bonds. The smallest absolute Gasteiger partial charge is 0.308 e. The van der Waals surface area contributed by atoms with Gasteiger partial charge in [-0.1, -0.05) is 0 Å². The molecule has 4 heterocycles. The molecule has 2 aromatic rings. The van der Waals surface area contributed by atoms with Gasteiger partial charge in [-0.05, 0) is 57.1 Å². The molecular weight excluding hydrogens is 364 g/mol. The first-order valence-electron chi connectivity index (χ1n) is 9.30. The quantitative estimate of drug-likeness (QED) is 0.871. The van der Waals surface area contributed by atoms with E-state index in [9.17, 15) is 14.7 Å². The van der Waals surface area contributed by atoms with E-state index in [0.29, 0.717) is 18.0 Å². The third-order valence-electron chi connectivity index (χ3n) is 6.00. The van der Waals surface area contributed by atoms with E-state index in [4.69, 9.17) is 4.42 Å². The molecule has 2 saturated heterocycles. The Labute approximate surface area is 162 Å². The second kappa shape index (κ2) is 7.13. The molecule has 0 saturated carbocycles. The lowest BCUT2D eigenvalue weighted by atomic mass is 9.71. The highest BCUT2D eigenvalue weighted by atomic mass is 32.1. The Bertz CT molecular complexity index is 821. The van der Waals surface area contributed by atoms with E-state index in [1.54, 1.807) is 11.2 Å². The van der Waals surface area contributed by atoms with Gasteiger partial charge in [0.25, 0.3) is 5.91 Å². The van der Waals surface area contributed by atoms with E-state index in [-0.39, 0.29) is 11.3 Å². The van der Waals surface area contributed by atoms with E-state index >= 15 is 0 Å². The molecule has 0 aliphatic carbocycles. The van der Waals surface area contributed by atoms with Gasteiger partial charge in [0.05, 0.1) is 23.6 Å². The number of carbonyl (C=O) groups excluding carboxylic acids is 1. The third kappa shape index (κ3) is 3.53. The molecule has 0 radical (unpaired) electrons. The van der Waals surface area contributed by atoms with Crippen LogP contribution in [0.1, 0.15) is 33.2 Å². The maximum absolute atomic E-state index is 12.9. The minimum atomic E-state index is -0.785. The fourth-order valence-corrected chi connectivity index (χ4v) is 5.29. The zero-order valence-corrected chi connectivity index (χ0v) is 16.2. The largest absolute Gasteiger partial charge is 0.481 e. The van der Waals surface area contributed by atoms with Gasteiger partial charge >= 0.3 is 5.97 Å². The number of likely N-dealkylation sites (tertiary alicyclic amines) is 2. The molecule has 2 aliphatic heterocycles. The summed E-state index contributed by atoms with van der Waals surface area (Å²) in [7, 11) is 0. The van der Waals surface area contributed by atoms with Crippen molar-refractivity contribution in [2.75, 3.05) is 26.2 Å². The van der Waals surface area contributed by atoms with Crippen molar-refractivity contribution in [1.29, 1.82) is 0 Å². The summed E-state index contributed by atoms with van der Waals surface area (Å²) in [6.07, 6.45) is 3.25. The minimum Gasteiger partial charge on any atom is -0.481 e. The number of thiophene rings is 1. The SMILES string of the molecule is Cc1ccc(C(=O)N2CC(C(=O)O)C3(CCN(Cc4ccco4)CC3)C2)s1. The lowest BCUT2D eigenvalue weighted by Crippen LogP contribution is -2.45. The molecule has 7 heteroatoms. The van der Waals surface area contributed by atoms with Crippen LogP contribution in [0.4, 0.5) is 0 Å². The van der Waals surface area contributed by atoms with Crippen molar-refractivity contribution in [3.8, 4) is 0 Å². The number of piperidine rings is 1. The Morgan fingerprint density at radius 3 is 2.67 bits per heavy atom. The van der Waals surface area contributed by atoms with Gasteiger partial charge in [0.2, 0.25) is 0 Å². The van der Waals surface area contributed by atoms with Crippen LogP contribution in [-0.4, -0.2) is 53.0 Å². The number of hydrogen-bond acceptors (Lipinski definition) is 5. The standard InChI is InChI=1S/C20H24N2O4S/c1-14-4-5-17(27-14)18(23)22-12-16(19(24)25)20(13-22)6-8-21(9-7-20)11-15-3-2-10-26-15/h2-5,10,16H,6-9,11-13H2,1H3,(H,24,25). The second-order valence-corrected chi connectivity index (χ2v) is 8.99. The number of rotatable bonds is 4. The van der Waals surface area contributed by atoms with Crippen molar-refractivity contribution >= 4 is 23.2 Å². The van der Waals surface area contributed by atoms with E-state index in [2.05, 4.69) is 4.90 Å². The first-order chi connectivity index (χ1) is 13.0. The van der Waals surface area contributed by atoms with Gasteiger partial charge in [0.15, 0.2) is 0 Å². The van der Waals surface area contributed by atoms with Crippen molar-refractivity contribution in [2.45, 2.75) is 26.3 Å². The minimum absolute atomic E-state index is 0.0331. The molecule has 1 atom stereocenters. The number of nitrogens with zero attached hydrogens (tertiary/aromatic N) is 2. The normalized spacial score (nSPS) is 22.4. The first kappa shape index (κ1) is 18.3. The molecule has 0 bridgehead atoms. The van der Waals surface area contributed by atoms with Crippen LogP contribution in [-0.2, 0) is 11.3 Å². The topological polar surface area (TPSA) is 74.0 Å². The van der Waals surface area contributed by atoms with Crippen molar-refractivity contribution in [1.82, 2.24) is 9.80 Å². The number of carboxylic acid groups (broad SMARTS) is 1. The number of furan rings is 1. The fourth-order valence-electron chi connectivity index (χ4n) is 4.45. The van der Waals surface area contributed by atoms with Crippen LogP contribution in [0.2, 0.25) is 0 Å². The molecule has 27 heavy (non-hydrogen) atoms. The van der Waals surface area contributed by atoms with Gasteiger partial charge in [-0.2, -0.15) is 0 Å². The van der Waals surface area contributed by atoms with E-state index < -0.39 is 11.9 Å². The van der Waals surface area contributed by atoms with Crippen LogP contribution in [0.15, 0.2) is 34.9 Å². The fraction of sp³-hybridized carbons (Fsp3) is 0.500. The predicted molar refractivity (Wildman–Crippen MR) is 102 cm³/mol. The first-order valence-corrected chi connectivity index (χ1v) is 10.1. The van der Waals surface area contributed by atoms with Crippen molar-refractivity contribution in [3.05, 3.63) is 46.0 Å². The highest BCUT2D eigenvalue weighted by molar-refractivity contribution is 7.13. The molecule has 2 aliphatic rings. The summed E-state index contributed by atoms with van der Waals surface area (Å²) in [6, 6.07) is 7.62. The van der Waals surface area contributed by atoms with Crippen LogP contribution >= 0.6 is 11.3 Å². The molecule has 2 fully saturated rings. The Kier molecular flexibility index (Phi) is 4.82. The molecule has 0 aromatic carbocycles. The lowest BCUT2D eigenvalue weighted by molar-refractivity contribution is -0.145. The predicted octanol–water partition coefficient (Wildman–Crippen LogP) is 3.09. The molecule has 144 valence electrons. The number of amides is 1. The van der Waals surface area contributed by atoms with Crippen molar-refractivity contribution < 1.29 is 19.1 Å².